The van der Waals surface area contributed by atoms with Gasteiger partial charge in [0.25, 0.3) is 0 Å². The number of benzene rings is 1. The Hall–Kier alpha value is -1.51. The summed E-state index contributed by atoms with van der Waals surface area (Å²) in [7, 11) is 0. The van der Waals surface area contributed by atoms with Crippen molar-refractivity contribution >= 4 is 11.7 Å². The zero-order chi connectivity index (χ0) is 12.3. The van der Waals surface area contributed by atoms with Gasteiger partial charge in [-0.05, 0) is 55.9 Å². The SMILES string of the molecule is CC1CCC(Nc2ccc(C(=O)O)cc2)CC1. The topological polar surface area (TPSA) is 49.3 Å². The molecule has 1 aliphatic carbocycles. The molecular formula is C14H19NO2. The van der Waals surface area contributed by atoms with Crippen molar-refractivity contribution in [1.82, 2.24) is 0 Å². The summed E-state index contributed by atoms with van der Waals surface area (Å²) in [6.45, 7) is 2.30. The maximum atomic E-state index is 10.7. The van der Waals surface area contributed by atoms with Crippen LogP contribution in [0.15, 0.2) is 24.3 Å². The summed E-state index contributed by atoms with van der Waals surface area (Å²) in [6.07, 6.45) is 4.99. The first kappa shape index (κ1) is 12.0. The maximum Gasteiger partial charge on any atom is 0.335 e. The van der Waals surface area contributed by atoms with Gasteiger partial charge in [0.2, 0.25) is 0 Å². The van der Waals surface area contributed by atoms with Crippen molar-refractivity contribution < 1.29 is 9.90 Å². The van der Waals surface area contributed by atoms with Gasteiger partial charge >= 0.3 is 5.97 Å². The fraction of sp³-hybridized carbons (Fsp3) is 0.500. The van der Waals surface area contributed by atoms with Crippen molar-refractivity contribution in [3.05, 3.63) is 29.8 Å². The van der Waals surface area contributed by atoms with Gasteiger partial charge in [0.15, 0.2) is 0 Å². The number of aromatic carboxylic acids is 1. The van der Waals surface area contributed by atoms with Gasteiger partial charge in [0, 0.05) is 11.7 Å². The molecule has 0 heterocycles. The van der Waals surface area contributed by atoms with Gasteiger partial charge in [0.05, 0.1) is 5.56 Å². The first-order chi connectivity index (χ1) is 8.15. The Kier molecular flexibility index (Phi) is 3.67. The molecule has 3 nitrogen and oxygen atoms in total. The number of hydrogen-bond donors (Lipinski definition) is 2. The van der Waals surface area contributed by atoms with Crippen LogP contribution in [0.5, 0.6) is 0 Å². The summed E-state index contributed by atoms with van der Waals surface area (Å²) < 4.78 is 0. The molecule has 2 rings (SSSR count). The van der Waals surface area contributed by atoms with E-state index in [1.165, 1.54) is 25.7 Å². The van der Waals surface area contributed by atoms with Crippen molar-refractivity contribution in [1.29, 1.82) is 0 Å². The molecule has 92 valence electrons. The molecule has 3 heteroatoms. The highest BCUT2D eigenvalue weighted by atomic mass is 16.4. The van der Waals surface area contributed by atoms with E-state index < -0.39 is 5.97 Å². The molecule has 0 amide bonds. The number of carbonyl (C=O) groups is 1. The van der Waals surface area contributed by atoms with E-state index in [2.05, 4.69) is 12.2 Å². The molecule has 1 aromatic carbocycles. The Morgan fingerprint density at radius 2 is 1.76 bits per heavy atom. The van der Waals surface area contributed by atoms with Crippen LogP contribution in [0.2, 0.25) is 0 Å². The molecule has 0 unspecified atom stereocenters. The van der Waals surface area contributed by atoms with Crippen LogP contribution in [-0.2, 0) is 0 Å². The van der Waals surface area contributed by atoms with Gasteiger partial charge in [-0.25, -0.2) is 4.79 Å². The van der Waals surface area contributed by atoms with Crippen molar-refractivity contribution in [2.24, 2.45) is 5.92 Å². The van der Waals surface area contributed by atoms with E-state index in [4.69, 9.17) is 5.11 Å². The van der Waals surface area contributed by atoms with Crippen molar-refractivity contribution in [2.75, 3.05) is 5.32 Å². The van der Waals surface area contributed by atoms with Crippen molar-refractivity contribution in [3.8, 4) is 0 Å². The lowest BCUT2D eigenvalue weighted by atomic mass is 9.87. The predicted octanol–water partition coefficient (Wildman–Crippen LogP) is 3.38. The summed E-state index contributed by atoms with van der Waals surface area (Å²) in [4.78, 5) is 10.7. The molecule has 1 aliphatic rings. The zero-order valence-corrected chi connectivity index (χ0v) is 10.1. The standard InChI is InChI=1S/C14H19NO2/c1-10-2-6-12(7-3-10)15-13-8-4-11(5-9-13)14(16)17/h4-5,8-10,12,15H,2-3,6-7H2,1H3,(H,16,17). The lowest BCUT2D eigenvalue weighted by Gasteiger charge is -2.27. The molecular weight excluding hydrogens is 214 g/mol. The summed E-state index contributed by atoms with van der Waals surface area (Å²) in [5.41, 5.74) is 1.36. The minimum absolute atomic E-state index is 0.341. The molecule has 0 bridgehead atoms. The lowest BCUT2D eigenvalue weighted by Crippen LogP contribution is -2.25. The normalized spacial score (nSPS) is 24.3. The molecule has 0 spiro atoms. The van der Waals surface area contributed by atoms with Crippen LogP contribution in [0.1, 0.15) is 43.0 Å². The molecule has 2 N–H and O–H groups in total. The number of nitrogens with one attached hydrogen (secondary N) is 1. The molecule has 0 atom stereocenters. The fourth-order valence-electron chi connectivity index (χ4n) is 2.35. The Bertz CT molecular complexity index is 378. The number of hydrogen-bond acceptors (Lipinski definition) is 2. The Morgan fingerprint density at radius 3 is 2.29 bits per heavy atom. The van der Waals surface area contributed by atoms with Crippen LogP contribution in [0.25, 0.3) is 0 Å². The predicted molar refractivity (Wildman–Crippen MR) is 68.4 cm³/mol. The average molecular weight is 233 g/mol. The first-order valence-corrected chi connectivity index (χ1v) is 6.25. The number of rotatable bonds is 3. The second kappa shape index (κ2) is 5.21. The third-order valence-electron chi connectivity index (χ3n) is 3.52. The van der Waals surface area contributed by atoms with E-state index in [0.29, 0.717) is 11.6 Å². The molecule has 1 aromatic rings. The Morgan fingerprint density at radius 1 is 1.18 bits per heavy atom. The van der Waals surface area contributed by atoms with E-state index in [0.717, 1.165) is 11.6 Å². The second-order valence-electron chi connectivity index (χ2n) is 4.98. The van der Waals surface area contributed by atoms with Crippen LogP contribution in [0, 0.1) is 5.92 Å². The van der Waals surface area contributed by atoms with E-state index in [-0.39, 0.29) is 0 Å². The van der Waals surface area contributed by atoms with Gasteiger partial charge in [-0.2, -0.15) is 0 Å². The zero-order valence-electron chi connectivity index (χ0n) is 10.1. The molecule has 17 heavy (non-hydrogen) atoms. The fourth-order valence-corrected chi connectivity index (χ4v) is 2.35. The first-order valence-electron chi connectivity index (χ1n) is 6.25. The van der Waals surface area contributed by atoms with Crippen molar-refractivity contribution in [3.63, 3.8) is 0 Å². The molecule has 0 aromatic heterocycles. The highest BCUT2D eigenvalue weighted by Gasteiger charge is 2.17. The van der Waals surface area contributed by atoms with E-state index >= 15 is 0 Å². The molecule has 0 aliphatic heterocycles. The molecule has 1 saturated carbocycles. The third-order valence-corrected chi connectivity index (χ3v) is 3.52. The highest BCUT2D eigenvalue weighted by Crippen LogP contribution is 2.26. The average Bonchev–Trinajstić information content (AvgIpc) is 2.33. The largest absolute Gasteiger partial charge is 0.478 e. The third kappa shape index (κ3) is 3.22. The van der Waals surface area contributed by atoms with Crippen LogP contribution in [0.4, 0.5) is 5.69 Å². The van der Waals surface area contributed by atoms with Gasteiger partial charge in [0.1, 0.15) is 0 Å². The van der Waals surface area contributed by atoms with Crippen LogP contribution < -0.4 is 5.32 Å². The Labute approximate surface area is 102 Å². The maximum absolute atomic E-state index is 10.7. The highest BCUT2D eigenvalue weighted by molar-refractivity contribution is 5.87. The van der Waals surface area contributed by atoms with Crippen LogP contribution in [-0.4, -0.2) is 17.1 Å². The van der Waals surface area contributed by atoms with Crippen LogP contribution >= 0.6 is 0 Å². The minimum atomic E-state index is -0.872. The second-order valence-corrected chi connectivity index (χ2v) is 4.98. The van der Waals surface area contributed by atoms with Gasteiger partial charge in [-0.15, -0.1) is 0 Å². The molecule has 0 saturated heterocycles. The minimum Gasteiger partial charge on any atom is -0.478 e. The lowest BCUT2D eigenvalue weighted by molar-refractivity contribution is 0.0697. The summed E-state index contributed by atoms with van der Waals surface area (Å²) in [5, 5.41) is 12.3. The summed E-state index contributed by atoms with van der Waals surface area (Å²) >= 11 is 0. The number of carboxylic acids is 1. The summed E-state index contributed by atoms with van der Waals surface area (Å²) in [5.74, 6) is -0.0227. The molecule has 1 fully saturated rings. The van der Waals surface area contributed by atoms with E-state index in [1.807, 2.05) is 12.1 Å². The van der Waals surface area contributed by atoms with Gasteiger partial charge < -0.3 is 10.4 Å². The van der Waals surface area contributed by atoms with Gasteiger partial charge in [-0.1, -0.05) is 6.92 Å². The van der Waals surface area contributed by atoms with E-state index in [1.54, 1.807) is 12.1 Å². The Balaban J connectivity index is 1.92. The summed E-state index contributed by atoms with van der Waals surface area (Å²) in [6, 6.07) is 7.54. The number of anilines is 1. The van der Waals surface area contributed by atoms with Gasteiger partial charge in [-0.3, -0.25) is 0 Å². The number of carboxylic acid groups (broad SMARTS) is 1. The van der Waals surface area contributed by atoms with Crippen LogP contribution in [0.3, 0.4) is 0 Å². The quantitative estimate of drug-likeness (QED) is 0.841. The smallest absolute Gasteiger partial charge is 0.335 e. The van der Waals surface area contributed by atoms with E-state index in [9.17, 15) is 4.79 Å². The van der Waals surface area contributed by atoms with Crippen molar-refractivity contribution in [2.45, 2.75) is 38.6 Å². The molecule has 0 radical (unpaired) electrons. The monoisotopic (exact) mass is 233 g/mol.